The smallest absolute Gasteiger partial charge is 0.167 e. The molecule has 1 aliphatic heterocycles. The van der Waals surface area contributed by atoms with E-state index in [0.29, 0.717) is 23.5 Å². The van der Waals surface area contributed by atoms with Gasteiger partial charge in [-0.1, -0.05) is 54.6 Å². The highest BCUT2D eigenvalue weighted by Gasteiger charge is 2.44. The Kier molecular flexibility index (Phi) is 5.54. The molecule has 5 rings (SSSR count). The molecule has 1 unspecified atom stereocenters. The molecule has 32 heavy (non-hydrogen) atoms. The fourth-order valence-corrected chi connectivity index (χ4v) is 3.91. The lowest BCUT2D eigenvalue weighted by Crippen LogP contribution is -2.33. The first kappa shape index (κ1) is 20.5. The maximum atomic E-state index is 10.3. The number of hydrogen-bond acceptors (Lipinski definition) is 8. The Hall–Kier alpha value is -3.37. The van der Waals surface area contributed by atoms with Crippen molar-refractivity contribution in [2.75, 3.05) is 11.9 Å². The van der Waals surface area contributed by atoms with E-state index in [0.717, 1.165) is 11.1 Å². The molecule has 4 N–H and O–H groups in total. The summed E-state index contributed by atoms with van der Waals surface area (Å²) >= 11 is 0. The summed E-state index contributed by atoms with van der Waals surface area (Å²) in [6.07, 6.45) is -1.28. The molecule has 2 aromatic carbocycles. The summed E-state index contributed by atoms with van der Waals surface area (Å²) in [4.78, 5) is 13.0. The van der Waals surface area contributed by atoms with Crippen LogP contribution in [0.15, 0.2) is 67.3 Å². The van der Waals surface area contributed by atoms with Crippen molar-refractivity contribution < 1.29 is 20.1 Å². The van der Waals surface area contributed by atoms with Gasteiger partial charge in [-0.15, -0.1) is 0 Å². The van der Waals surface area contributed by atoms with Gasteiger partial charge in [-0.25, -0.2) is 15.0 Å². The molecule has 4 aromatic rings. The summed E-state index contributed by atoms with van der Waals surface area (Å²) in [5.41, 5.74) is 4.37. The third kappa shape index (κ3) is 3.71. The second-order valence-electron chi connectivity index (χ2n) is 7.69. The molecule has 2 aromatic heterocycles. The van der Waals surface area contributed by atoms with Crippen molar-refractivity contribution in [3.63, 3.8) is 0 Å². The van der Waals surface area contributed by atoms with Crippen molar-refractivity contribution in [3.05, 3.63) is 72.8 Å². The fraction of sp³-hybridized carbons (Fsp3) is 0.261. The molecule has 0 saturated carbocycles. The van der Waals surface area contributed by atoms with Crippen LogP contribution in [0.1, 0.15) is 11.8 Å². The summed E-state index contributed by atoms with van der Waals surface area (Å²) in [5, 5.41) is 33.0. The number of aromatic nitrogens is 4. The summed E-state index contributed by atoms with van der Waals surface area (Å²) in [5.74, 6) is 0.549. The molecule has 164 valence electrons. The third-order valence-electron chi connectivity index (χ3n) is 5.67. The van der Waals surface area contributed by atoms with Crippen molar-refractivity contribution in [1.29, 1.82) is 0 Å². The maximum Gasteiger partial charge on any atom is 0.167 e. The first-order valence-corrected chi connectivity index (χ1v) is 10.3. The van der Waals surface area contributed by atoms with Gasteiger partial charge in [-0.3, -0.25) is 4.57 Å². The van der Waals surface area contributed by atoms with Crippen LogP contribution in [0.5, 0.6) is 0 Å². The van der Waals surface area contributed by atoms with Crippen LogP contribution in [0.25, 0.3) is 22.3 Å². The van der Waals surface area contributed by atoms with Crippen LogP contribution in [0.3, 0.4) is 0 Å². The minimum absolute atomic E-state index is 0.397. The average Bonchev–Trinajstić information content (AvgIpc) is 3.39. The number of aliphatic hydroxyl groups is 3. The molecule has 0 radical (unpaired) electrons. The monoisotopic (exact) mass is 433 g/mol. The van der Waals surface area contributed by atoms with Crippen molar-refractivity contribution in [2.45, 2.75) is 31.1 Å². The van der Waals surface area contributed by atoms with Crippen molar-refractivity contribution >= 4 is 17.0 Å². The van der Waals surface area contributed by atoms with E-state index in [9.17, 15) is 15.3 Å². The number of anilines is 1. The van der Waals surface area contributed by atoms with E-state index in [2.05, 4.69) is 56.7 Å². The zero-order chi connectivity index (χ0) is 22.1. The average molecular weight is 433 g/mol. The normalized spacial score (nSPS) is 23.0. The number of imidazole rings is 1. The molecule has 0 bridgehead atoms. The van der Waals surface area contributed by atoms with Crippen LogP contribution >= 0.6 is 0 Å². The Labute approximate surface area is 184 Å². The SMILES string of the molecule is OC[C@H]1OC(n2cnc3c(NCc4ccc(-c5ccccc5)cc4)ncnc32)[C@H](O)[C@@H]1O. The largest absolute Gasteiger partial charge is 0.394 e. The Morgan fingerprint density at radius 1 is 0.906 bits per heavy atom. The van der Waals surface area contributed by atoms with E-state index in [4.69, 9.17) is 4.74 Å². The number of ether oxygens (including phenoxy) is 1. The van der Waals surface area contributed by atoms with Crippen molar-refractivity contribution in [1.82, 2.24) is 19.5 Å². The zero-order valence-corrected chi connectivity index (χ0v) is 17.1. The van der Waals surface area contributed by atoms with E-state index in [1.165, 1.54) is 18.2 Å². The number of rotatable bonds is 6. The Morgan fingerprint density at radius 2 is 1.66 bits per heavy atom. The lowest BCUT2D eigenvalue weighted by atomic mass is 10.0. The van der Waals surface area contributed by atoms with Crippen LogP contribution in [0.2, 0.25) is 0 Å². The van der Waals surface area contributed by atoms with Crippen molar-refractivity contribution in [3.8, 4) is 11.1 Å². The molecule has 0 amide bonds. The van der Waals surface area contributed by atoms with Crippen LogP contribution in [0, 0.1) is 0 Å². The molecule has 9 nitrogen and oxygen atoms in total. The van der Waals surface area contributed by atoms with Crippen LogP contribution in [-0.4, -0.2) is 59.8 Å². The molecule has 0 spiro atoms. The number of aliphatic hydroxyl groups excluding tert-OH is 3. The summed E-state index contributed by atoms with van der Waals surface area (Å²) in [7, 11) is 0. The number of nitrogens with one attached hydrogen (secondary N) is 1. The van der Waals surface area contributed by atoms with Crippen LogP contribution in [0.4, 0.5) is 5.82 Å². The van der Waals surface area contributed by atoms with Gasteiger partial charge in [0.05, 0.1) is 12.9 Å². The molecular weight excluding hydrogens is 410 g/mol. The maximum absolute atomic E-state index is 10.3. The molecule has 3 heterocycles. The van der Waals surface area contributed by atoms with E-state index < -0.39 is 31.1 Å². The Morgan fingerprint density at radius 3 is 2.38 bits per heavy atom. The van der Waals surface area contributed by atoms with E-state index in [-0.39, 0.29) is 0 Å². The fourth-order valence-electron chi connectivity index (χ4n) is 3.91. The minimum Gasteiger partial charge on any atom is -0.394 e. The first-order valence-electron chi connectivity index (χ1n) is 10.3. The quantitative estimate of drug-likeness (QED) is 0.362. The molecular formula is C23H23N5O4. The second-order valence-corrected chi connectivity index (χ2v) is 7.69. The lowest BCUT2D eigenvalue weighted by Gasteiger charge is -2.16. The third-order valence-corrected chi connectivity index (χ3v) is 5.67. The summed E-state index contributed by atoms with van der Waals surface area (Å²) in [6.45, 7) is 0.147. The van der Waals surface area contributed by atoms with E-state index in [1.54, 1.807) is 4.57 Å². The van der Waals surface area contributed by atoms with Gasteiger partial charge in [-0.2, -0.15) is 0 Å². The number of benzene rings is 2. The number of nitrogens with zero attached hydrogens (tertiary/aromatic N) is 4. The zero-order valence-electron chi connectivity index (χ0n) is 17.1. The van der Waals surface area contributed by atoms with Gasteiger partial charge in [0.25, 0.3) is 0 Å². The standard InChI is InChI=1S/C23H23N5O4/c29-11-17-19(30)20(31)23(32-17)28-13-27-18-21(25-12-26-22(18)28)24-10-14-6-8-16(9-7-14)15-4-2-1-3-5-15/h1-9,12-13,17,19-20,23,29-31H,10-11H2,(H,24,25,26)/t17-,19-,20-,23?/m1/s1. The van der Waals surface area contributed by atoms with Gasteiger partial charge in [0.15, 0.2) is 23.2 Å². The van der Waals surface area contributed by atoms with E-state index in [1.807, 2.05) is 18.2 Å². The van der Waals surface area contributed by atoms with E-state index >= 15 is 0 Å². The van der Waals surface area contributed by atoms with Crippen LogP contribution in [-0.2, 0) is 11.3 Å². The topological polar surface area (TPSA) is 126 Å². The van der Waals surface area contributed by atoms with Gasteiger partial charge < -0.3 is 25.4 Å². The Bertz CT molecular complexity index is 1200. The molecule has 1 aliphatic rings. The number of fused-ring (bicyclic) bond motifs is 1. The molecule has 9 heteroatoms. The van der Waals surface area contributed by atoms with Gasteiger partial charge in [0, 0.05) is 6.54 Å². The van der Waals surface area contributed by atoms with Crippen molar-refractivity contribution in [2.24, 2.45) is 0 Å². The highest BCUT2D eigenvalue weighted by molar-refractivity contribution is 5.82. The molecule has 1 fully saturated rings. The predicted molar refractivity (Wildman–Crippen MR) is 118 cm³/mol. The lowest BCUT2D eigenvalue weighted by molar-refractivity contribution is -0.0511. The van der Waals surface area contributed by atoms with Crippen LogP contribution < -0.4 is 5.32 Å². The van der Waals surface area contributed by atoms with Gasteiger partial charge in [0.2, 0.25) is 0 Å². The summed E-state index contributed by atoms with van der Waals surface area (Å²) in [6, 6.07) is 18.5. The van der Waals surface area contributed by atoms with Gasteiger partial charge in [-0.05, 0) is 16.7 Å². The van der Waals surface area contributed by atoms with Gasteiger partial charge >= 0.3 is 0 Å². The highest BCUT2D eigenvalue weighted by Crippen LogP contribution is 2.32. The summed E-state index contributed by atoms with van der Waals surface area (Å²) < 4.78 is 7.14. The highest BCUT2D eigenvalue weighted by atomic mass is 16.6. The molecule has 4 atom stereocenters. The minimum atomic E-state index is -1.21. The number of hydrogen-bond donors (Lipinski definition) is 4. The predicted octanol–water partition coefficient (Wildman–Crippen LogP) is 1.72. The molecule has 0 aliphatic carbocycles. The second kappa shape index (κ2) is 8.64. The van der Waals surface area contributed by atoms with Gasteiger partial charge in [0.1, 0.15) is 24.6 Å². The molecule has 1 saturated heterocycles. The first-order chi connectivity index (χ1) is 15.7. The Balaban J connectivity index is 1.34.